The van der Waals surface area contributed by atoms with Gasteiger partial charge in [-0.3, -0.25) is 0 Å². The molecule has 0 bridgehead atoms. The second-order valence-electron chi connectivity index (χ2n) is 2.32. The third-order valence-corrected chi connectivity index (χ3v) is 1.36. The fraction of sp³-hybridized carbons (Fsp3) is 0.143. The largest absolute Gasteiger partial charge is 0.397 e. The fourth-order valence-corrected chi connectivity index (χ4v) is 0.703. The Kier molecular flexibility index (Phi) is 4.08. The first kappa shape index (κ1) is 11.0. The quantitative estimate of drug-likeness (QED) is 0.314. The van der Waals surface area contributed by atoms with Gasteiger partial charge in [0.1, 0.15) is 0 Å². The van der Waals surface area contributed by atoms with Crippen LogP contribution in [0.5, 0.6) is 0 Å². The Morgan fingerprint density at radius 3 is 2.23 bits per heavy atom. The summed E-state index contributed by atoms with van der Waals surface area (Å²) in [4.78, 5) is 8.36. The number of rotatable bonds is 0. The summed E-state index contributed by atoms with van der Waals surface area (Å²) >= 11 is 0. The van der Waals surface area contributed by atoms with Crippen LogP contribution in [0.1, 0.15) is 5.56 Å². The molecule has 0 unspecified atom stereocenters. The lowest BCUT2D eigenvalue weighted by Gasteiger charge is -2.00. The summed E-state index contributed by atoms with van der Waals surface area (Å²) in [7, 11) is 0. The summed E-state index contributed by atoms with van der Waals surface area (Å²) in [6, 6.07) is 5.62. The highest BCUT2D eigenvalue weighted by Gasteiger charge is 1.93. The van der Waals surface area contributed by atoms with Crippen molar-refractivity contribution in [2.45, 2.75) is 6.92 Å². The van der Waals surface area contributed by atoms with Crippen LogP contribution in [0.25, 0.3) is 0 Å². The average Bonchev–Trinajstić information content (AvgIpc) is 1.99. The molecule has 0 amide bonds. The van der Waals surface area contributed by atoms with Gasteiger partial charge in [-0.1, -0.05) is 12.1 Å². The van der Waals surface area contributed by atoms with Crippen LogP contribution in [-0.4, -0.2) is 10.3 Å². The minimum absolute atomic E-state index is 0.662. The van der Waals surface area contributed by atoms with Crippen molar-refractivity contribution in [2.24, 2.45) is 0 Å². The van der Waals surface area contributed by atoms with Crippen molar-refractivity contribution in [2.75, 3.05) is 11.5 Å². The Hall–Kier alpha value is -1.98. The molecule has 0 aliphatic rings. The molecule has 6 heteroatoms. The normalized spacial score (nSPS) is 8.38. The second-order valence-corrected chi connectivity index (χ2v) is 2.32. The number of hydrogen-bond acceptors (Lipinski definition) is 4. The van der Waals surface area contributed by atoms with Gasteiger partial charge in [0, 0.05) is 0 Å². The zero-order chi connectivity index (χ0) is 10.4. The van der Waals surface area contributed by atoms with Gasteiger partial charge in [-0.2, -0.15) is 0 Å². The zero-order valence-electron chi connectivity index (χ0n) is 7.10. The van der Waals surface area contributed by atoms with E-state index < -0.39 is 5.09 Å². The second kappa shape index (κ2) is 4.81. The van der Waals surface area contributed by atoms with Gasteiger partial charge in [0.05, 0.1) is 11.4 Å². The van der Waals surface area contributed by atoms with Gasteiger partial charge in [-0.15, -0.1) is 10.1 Å². The molecule has 6 nitrogen and oxygen atoms in total. The molecule has 13 heavy (non-hydrogen) atoms. The number of anilines is 2. The molecule has 5 N–H and O–H groups in total. The van der Waals surface area contributed by atoms with Crippen LogP contribution < -0.4 is 11.5 Å². The summed E-state index contributed by atoms with van der Waals surface area (Å²) in [5.41, 5.74) is 13.4. The Balaban J connectivity index is 0.000000310. The topological polar surface area (TPSA) is 115 Å². The Morgan fingerprint density at radius 2 is 1.92 bits per heavy atom. The summed E-state index contributed by atoms with van der Waals surface area (Å²) in [5.74, 6) is 0. The van der Waals surface area contributed by atoms with Gasteiger partial charge in [-0.05, 0) is 18.6 Å². The van der Waals surface area contributed by atoms with Gasteiger partial charge >= 0.3 is 0 Å². The molecule has 0 heterocycles. The lowest BCUT2D eigenvalue weighted by Crippen LogP contribution is -1.95. The molecule has 0 atom stereocenters. The molecule has 1 aromatic rings. The summed E-state index contributed by atoms with van der Waals surface area (Å²) in [6.07, 6.45) is 0. The van der Waals surface area contributed by atoms with Crippen molar-refractivity contribution in [3.8, 4) is 0 Å². The smallest absolute Gasteiger partial charge is 0.291 e. The first-order valence-corrected chi connectivity index (χ1v) is 3.39. The number of nitrogens with zero attached hydrogens (tertiary/aromatic N) is 1. The molecule has 0 saturated heterocycles. The maximum atomic E-state index is 8.36. The molecule has 72 valence electrons. The van der Waals surface area contributed by atoms with Crippen LogP contribution in [-0.2, 0) is 0 Å². The number of hydrogen-bond donors (Lipinski definition) is 3. The summed E-state index contributed by atoms with van der Waals surface area (Å²) in [6.45, 7) is 1.94. The molecular formula is C7H11N3O3. The van der Waals surface area contributed by atoms with Crippen molar-refractivity contribution in [1.82, 2.24) is 0 Å². The zero-order valence-corrected chi connectivity index (χ0v) is 7.10. The predicted molar refractivity (Wildman–Crippen MR) is 48.8 cm³/mol. The van der Waals surface area contributed by atoms with Crippen LogP contribution in [0.3, 0.4) is 0 Å². The number of para-hydroxylation sites is 1. The first-order chi connectivity index (χ1) is 5.95. The highest BCUT2D eigenvalue weighted by molar-refractivity contribution is 5.66. The van der Waals surface area contributed by atoms with E-state index >= 15 is 0 Å². The highest BCUT2D eigenvalue weighted by atomic mass is 16.9. The van der Waals surface area contributed by atoms with Crippen LogP contribution in [0.4, 0.5) is 11.4 Å². The monoisotopic (exact) mass is 185 g/mol. The van der Waals surface area contributed by atoms with E-state index in [9.17, 15) is 0 Å². The maximum absolute atomic E-state index is 8.36. The minimum Gasteiger partial charge on any atom is -0.397 e. The molecule has 0 saturated carbocycles. The standard InChI is InChI=1S/C7H10N2.HNO3/c1-5-3-2-4-6(8)7(5)9;2-1(3)4/h2-4H,8-9H2,1H3;(H,2,3,4). The maximum Gasteiger partial charge on any atom is 0.291 e. The Bertz CT molecular complexity index is 277. The van der Waals surface area contributed by atoms with E-state index in [4.69, 9.17) is 26.8 Å². The van der Waals surface area contributed by atoms with Gasteiger partial charge in [0.2, 0.25) is 0 Å². The average molecular weight is 185 g/mol. The number of nitrogen functional groups attached to an aromatic ring is 2. The van der Waals surface area contributed by atoms with Gasteiger partial charge < -0.3 is 16.7 Å². The van der Waals surface area contributed by atoms with E-state index in [1.165, 1.54) is 0 Å². The van der Waals surface area contributed by atoms with E-state index in [2.05, 4.69) is 0 Å². The van der Waals surface area contributed by atoms with Crippen molar-refractivity contribution in [3.05, 3.63) is 33.9 Å². The molecule has 0 aliphatic heterocycles. The lowest BCUT2D eigenvalue weighted by molar-refractivity contribution is -0.742. The molecule has 0 aromatic heterocycles. The molecule has 0 fully saturated rings. The van der Waals surface area contributed by atoms with Gasteiger partial charge in [-0.25, -0.2) is 0 Å². The SMILES string of the molecule is Cc1cccc(N)c1N.O=[N+]([O-])O. The third-order valence-electron chi connectivity index (χ3n) is 1.36. The van der Waals surface area contributed by atoms with Crippen molar-refractivity contribution in [1.29, 1.82) is 0 Å². The van der Waals surface area contributed by atoms with Gasteiger partial charge in [0.15, 0.2) is 0 Å². The van der Waals surface area contributed by atoms with Crippen molar-refractivity contribution >= 4 is 11.4 Å². The fourth-order valence-electron chi connectivity index (χ4n) is 0.703. The minimum atomic E-state index is -1.50. The molecular weight excluding hydrogens is 174 g/mol. The van der Waals surface area contributed by atoms with E-state index in [-0.39, 0.29) is 0 Å². The highest BCUT2D eigenvalue weighted by Crippen LogP contribution is 2.17. The van der Waals surface area contributed by atoms with Crippen molar-refractivity contribution < 1.29 is 10.3 Å². The van der Waals surface area contributed by atoms with Crippen LogP contribution in [0.15, 0.2) is 18.2 Å². The molecule has 0 aliphatic carbocycles. The number of aryl methyl sites for hydroxylation is 1. The van der Waals surface area contributed by atoms with Gasteiger partial charge in [0.25, 0.3) is 5.09 Å². The number of nitrogens with two attached hydrogens (primary N) is 2. The van der Waals surface area contributed by atoms with Crippen molar-refractivity contribution in [3.63, 3.8) is 0 Å². The van der Waals surface area contributed by atoms with E-state index in [1.807, 2.05) is 19.1 Å². The molecule has 1 rings (SSSR count). The predicted octanol–water partition coefficient (Wildman–Crippen LogP) is 0.812. The molecule has 0 radical (unpaired) electrons. The number of benzene rings is 1. The lowest BCUT2D eigenvalue weighted by atomic mass is 10.2. The Morgan fingerprint density at radius 1 is 1.46 bits per heavy atom. The van der Waals surface area contributed by atoms with E-state index in [1.54, 1.807) is 6.07 Å². The van der Waals surface area contributed by atoms with Crippen LogP contribution in [0, 0.1) is 17.0 Å². The van der Waals surface area contributed by atoms with E-state index in [0.717, 1.165) is 5.56 Å². The summed E-state index contributed by atoms with van der Waals surface area (Å²) in [5, 5.41) is 13.6. The van der Waals surface area contributed by atoms with Crippen LogP contribution in [0.2, 0.25) is 0 Å². The first-order valence-electron chi connectivity index (χ1n) is 3.39. The molecule has 1 aromatic carbocycles. The van der Waals surface area contributed by atoms with Crippen LogP contribution >= 0.6 is 0 Å². The third kappa shape index (κ3) is 4.46. The van der Waals surface area contributed by atoms with E-state index in [0.29, 0.717) is 11.4 Å². The summed E-state index contributed by atoms with van der Waals surface area (Å²) < 4.78 is 0. The Labute approximate surface area is 74.9 Å². The molecule has 0 spiro atoms.